The summed E-state index contributed by atoms with van der Waals surface area (Å²) in [6.45, 7) is 6.29. The number of hydrogen-bond acceptors (Lipinski definition) is 4. The Balaban J connectivity index is 1.59. The van der Waals surface area contributed by atoms with Crippen molar-refractivity contribution in [3.05, 3.63) is 81.6 Å². The number of benzene rings is 2. The lowest BCUT2D eigenvalue weighted by molar-refractivity contribution is -0.123. The van der Waals surface area contributed by atoms with Crippen LogP contribution in [-0.4, -0.2) is 28.5 Å². The third-order valence-corrected chi connectivity index (χ3v) is 4.83. The van der Waals surface area contributed by atoms with Gasteiger partial charge in [0.15, 0.2) is 6.61 Å². The fourth-order valence-electron chi connectivity index (χ4n) is 2.89. The Labute approximate surface area is 175 Å². The average Bonchev–Trinajstić information content (AvgIpc) is 2.95. The molecule has 1 amide bonds. The lowest BCUT2D eigenvalue weighted by atomic mass is 10.2. The van der Waals surface area contributed by atoms with Crippen LogP contribution in [0.5, 0.6) is 5.75 Å². The maximum absolute atomic E-state index is 12.0. The number of amides is 1. The van der Waals surface area contributed by atoms with Gasteiger partial charge in [0.1, 0.15) is 5.75 Å². The molecule has 0 atom stereocenters. The van der Waals surface area contributed by atoms with E-state index in [4.69, 9.17) is 16.3 Å². The van der Waals surface area contributed by atoms with Gasteiger partial charge in [-0.15, -0.1) is 0 Å². The quantitative estimate of drug-likeness (QED) is 0.472. The highest BCUT2D eigenvalue weighted by Gasteiger charge is 2.11. The number of hydrazone groups is 1. The van der Waals surface area contributed by atoms with E-state index < -0.39 is 0 Å². The minimum absolute atomic E-state index is 0.107. The molecule has 0 spiro atoms. The Bertz CT molecular complexity index is 1040. The minimum atomic E-state index is -0.332. The number of halogens is 1. The Hall–Kier alpha value is -3.12. The zero-order valence-corrected chi connectivity index (χ0v) is 17.4. The van der Waals surface area contributed by atoms with Crippen molar-refractivity contribution in [3.8, 4) is 5.75 Å². The van der Waals surface area contributed by atoms with Gasteiger partial charge in [0.2, 0.25) is 0 Å². The van der Waals surface area contributed by atoms with E-state index in [0.717, 1.165) is 28.1 Å². The average molecular weight is 411 g/mol. The van der Waals surface area contributed by atoms with Gasteiger partial charge >= 0.3 is 0 Å². The van der Waals surface area contributed by atoms with Gasteiger partial charge in [-0.05, 0) is 50.1 Å². The number of nitrogens with one attached hydrogen (secondary N) is 1. The molecule has 0 aliphatic rings. The third kappa shape index (κ3) is 5.45. The monoisotopic (exact) mass is 410 g/mol. The fraction of sp³-hybridized carbons (Fsp3) is 0.227. The molecule has 3 rings (SSSR count). The highest BCUT2D eigenvalue weighted by Crippen LogP contribution is 2.18. The molecule has 0 bridgehead atoms. The SMILES string of the molecule is Cc1cccc(OCC(=O)N/N=C/c2c(C)nn(Cc3ccccc3Cl)c2C)c1. The number of carbonyl (C=O) groups is 1. The molecule has 6 nitrogen and oxygen atoms in total. The fourth-order valence-corrected chi connectivity index (χ4v) is 3.09. The molecule has 0 aliphatic heterocycles. The van der Waals surface area contributed by atoms with Crippen LogP contribution in [0.1, 0.15) is 28.1 Å². The van der Waals surface area contributed by atoms with Crippen molar-refractivity contribution in [2.24, 2.45) is 5.10 Å². The molecule has 0 unspecified atom stereocenters. The Kier molecular flexibility index (Phi) is 6.67. The molecule has 0 saturated heterocycles. The summed E-state index contributed by atoms with van der Waals surface area (Å²) in [6.07, 6.45) is 1.60. The molecular weight excluding hydrogens is 388 g/mol. The summed E-state index contributed by atoms with van der Waals surface area (Å²) in [4.78, 5) is 12.0. The molecule has 0 radical (unpaired) electrons. The zero-order valence-electron chi connectivity index (χ0n) is 16.6. The number of hydrogen-bond donors (Lipinski definition) is 1. The second-order valence-electron chi connectivity index (χ2n) is 6.73. The van der Waals surface area contributed by atoms with Crippen LogP contribution in [0.4, 0.5) is 0 Å². The first-order valence-electron chi connectivity index (χ1n) is 9.23. The van der Waals surface area contributed by atoms with Crippen molar-refractivity contribution >= 4 is 23.7 Å². The van der Waals surface area contributed by atoms with Gasteiger partial charge in [-0.25, -0.2) is 5.43 Å². The molecule has 0 fully saturated rings. The molecular formula is C22H23ClN4O2. The highest BCUT2D eigenvalue weighted by atomic mass is 35.5. The summed E-state index contributed by atoms with van der Waals surface area (Å²) < 4.78 is 7.34. The van der Waals surface area contributed by atoms with E-state index in [1.807, 2.05) is 74.0 Å². The van der Waals surface area contributed by atoms with E-state index in [1.54, 1.807) is 6.21 Å². The number of carbonyl (C=O) groups excluding carboxylic acids is 1. The maximum Gasteiger partial charge on any atom is 0.277 e. The van der Waals surface area contributed by atoms with E-state index in [-0.39, 0.29) is 12.5 Å². The van der Waals surface area contributed by atoms with Gasteiger partial charge in [0.05, 0.1) is 18.5 Å². The normalized spacial score (nSPS) is 11.0. The lowest BCUT2D eigenvalue weighted by Gasteiger charge is -2.06. The standard InChI is InChI=1S/C22H23ClN4O2/c1-15-7-6-9-19(11-15)29-14-22(28)25-24-12-20-16(2)26-27(17(20)3)13-18-8-4-5-10-21(18)23/h4-12H,13-14H2,1-3H3,(H,25,28)/b24-12+. The molecule has 1 N–H and O–H groups in total. The molecule has 1 aromatic heterocycles. The van der Waals surface area contributed by atoms with Crippen molar-refractivity contribution in [3.63, 3.8) is 0 Å². The van der Waals surface area contributed by atoms with Crippen LogP contribution >= 0.6 is 11.6 Å². The van der Waals surface area contributed by atoms with Crippen LogP contribution in [0.2, 0.25) is 5.02 Å². The van der Waals surface area contributed by atoms with Gasteiger partial charge in [-0.2, -0.15) is 10.2 Å². The van der Waals surface area contributed by atoms with Crippen LogP contribution in [0.25, 0.3) is 0 Å². The van der Waals surface area contributed by atoms with E-state index in [0.29, 0.717) is 17.3 Å². The Morgan fingerprint density at radius 2 is 2.00 bits per heavy atom. The summed E-state index contributed by atoms with van der Waals surface area (Å²) in [7, 11) is 0. The van der Waals surface area contributed by atoms with E-state index >= 15 is 0 Å². The summed E-state index contributed by atoms with van der Waals surface area (Å²) in [5.74, 6) is 0.318. The number of nitrogens with zero attached hydrogens (tertiary/aromatic N) is 3. The van der Waals surface area contributed by atoms with Crippen LogP contribution < -0.4 is 10.2 Å². The first-order valence-corrected chi connectivity index (χ1v) is 9.60. The molecule has 29 heavy (non-hydrogen) atoms. The second kappa shape index (κ2) is 9.39. The van der Waals surface area contributed by atoms with Crippen molar-refractivity contribution < 1.29 is 9.53 Å². The first-order chi connectivity index (χ1) is 13.9. The van der Waals surface area contributed by atoms with Crippen molar-refractivity contribution in [1.29, 1.82) is 0 Å². The van der Waals surface area contributed by atoms with Crippen molar-refractivity contribution in [2.45, 2.75) is 27.3 Å². The number of ether oxygens (including phenoxy) is 1. The Morgan fingerprint density at radius 3 is 2.76 bits per heavy atom. The molecule has 150 valence electrons. The molecule has 3 aromatic rings. The van der Waals surface area contributed by atoms with E-state index in [9.17, 15) is 4.79 Å². The summed E-state index contributed by atoms with van der Waals surface area (Å²) in [5.41, 5.74) is 7.17. The number of rotatable bonds is 7. The smallest absolute Gasteiger partial charge is 0.277 e. The van der Waals surface area contributed by atoms with Gasteiger partial charge in [0.25, 0.3) is 5.91 Å². The number of aromatic nitrogens is 2. The van der Waals surface area contributed by atoms with Gasteiger partial charge in [-0.3, -0.25) is 9.48 Å². The lowest BCUT2D eigenvalue weighted by Crippen LogP contribution is -2.24. The van der Waals surface area contributed by atoms with Gasteiger partial charge < -0.3 is 4.74 Å². The second-order valence-corrected chi connectivity index (χ2v) is 7.14. The van der Waals surface area contributed by atoms with E-state index in [1.165, 1.54) is 0 Å². The molecule has 7 heteroatoms. The summed E-state index contributed by atoms with van der Waals surface area (Å²) >= 11 is 6.25. The van der Waals surface area contributed by atoms with Gasteiger partial charge in [-0.1, -0.05) is 41.9 Å². The van der Waals surface area contributed by atoms with Crippen LogP contribution in [0.15, 0.2) is 53.6 Å². The zero-order chi connectivity index (χ0) is 20.8. The number of aryl methyl sites for hydroxylation is 2. The predicted molar refractivity (Wildman–Crippen MR) is 115 cm³/mol. The van der Waals surface area contributed by atoms with Crippen LogP contribution in [0, 0.1) is 20.8 Å². The van der Waals surface area contributed by atoms with Crippen LogP contribution in [0.3, 0.4) is 0 Å². The molecule has 0 saturated carbocycles. The molecule has 1 heterocycles. The van der Waals surface area contributed by atoms with Crippen LogP contribution in [-0.2, 0) is 11.3 Å². The van der Waals surface area contributed by atoms with Crippen molar-refractivity contribution in [1.82, 2.24) is 15.2 Å². The summed E-state index contributed by atoms with van der Waals surface area (Å²) in [5, 5.41) is 9.31. The van der Waals surface area contributed by atoms with Gasteiger partial charge in [0, 0.05) is 16.3 Å². The molecule has 2 aromatic carbocycles. The first kappa shape index (κ1) is 20.6. The predicted octanol–water partition coefficient (Wildman–Crippen LogP) is 4.04. The summed E-state index contributed by atoms with van der Waals surface area (Å²) in [6, 6.07) is 15.2. The van der Waals surface area contributed by atoms with E-state index in [2.05, 4.69) is 15.6 Å². The maximum atomic E-state index is 12.0. The third-order valence-electron chi connectivity index (χ3n) is 4.46. The van der Waals surface area contributed by atoms with Crippen molar-refractivity contribution in [2.75, 3.05) is 6.61 Å². The highest BCUT2D eigenvalue weighted by molar-refractivity contribution is 6.31. The topological polar surface area (TPSA) is 68.5 Å². The Morgan fingerprint density at radius 1 is 1.21 bits per heavy atom. The largest absolute Gasteiger partial charge is 0.484 e. The minimum Gasteiger partial charge on any atom is -0.484 e. The molecule has 0 aliphatic carbocycles.